The molecular formula is C30H28BrNO6. The molecule has 3 aromatic rings. The molecule has 0 aliphatic carbocycles. The second kappa shape index (κ2) is 11.6. The van der Waals surface area contributed by atoms with Gasteiger partial charge in [-0.15, -0.1) is 0 Å². The van der Waals surface area contributed by atoms with Crippen LogP contribution in [-0.4, -0.2) is 38.1 Å². The standard InChI is InChI=1S/C30H28BrNO6/c1-30(2)16-15-23-25(35-3)14-11-22(29(23)38-30)24(33)12-5-19-6-13-26(36-4)27(17-19)37-18-28(34)32-21-9-7-20(31)8-10-21/h5-17H,18H2,1-4H3,(H,32,34)/b12-5+. The summed E-state index contributed by atoms with van der Waals surface area (Å²) in [5.74, 6) is 1.44. The molecule has 3 aromatic carbocycles. The van der Waals surface area contributed by atoms with Crippen LogP contribution in [0.4, 0.5) is 5.69 Å². The largest absolute Gasteiger partial charge is 0.496 e. The van der Waals surface area contributed by atoms with Crippen LogP contribution in [0.1, 0.15) is 35.3 Å². The van der Waals surface area contributed by atoms with E-state index >= 15 is 0 Å². The number of ether oxygens (including phenoxy) is 4. The molecule has 0 aromatic heterocycles. The first kappa shape index (κ1) is 27.0. The molecule has 8 heteroatoms. The van der Waals surface area contributed by atoms with Gasteiger partial charge >= 0.3 is 0 Å². The number of hydrogen-bond acceptors (Lipinski definition) is 6. The van der Waals surface area contributed by atoms with Gasteiger partial charge in [-0.2, -0.15) is 0 Å². The molecule has 196 valence electrons. The maximum atomic E-state index is 13.2. The van der Waals surface area contributed by atoms with Crippen molar-refractivity contribution in [1.82, 2.24) is 0 Å². The molecule has 1 aliphatic heterocycles. The number of hydrogen-bond donors (Lipinski definition) is 1. The summed E-state index contributed by atoms with van der Waals surface area (Å²) < 4.78 is 23.6. The van der Waals surface area contributed by atoms with E-state index in [-0.39, 0.29) is 18.3 Å². The van der Waals surface area contributed by atoms with Gasteiger partial charge in [0.05, 0.1) is 25.3 Å². The predicted molar refractivity (Wildman–Crippen MR) is 151 cm³/mol. The number of fused-ring (bicyclic) bond motifs is 1. The number of halogens is 1. The van der Waals surface area contributed by atoms with Crippen LogP contribution < -0.4 is 24.3 Å². The summed E-state index contributed by atoms with van der Waals surface area (Å²) in [5, 5.41) is 2.78. The van der Waals surface area contributed by atoms with Crippen molar-refractivity contribution in [1.29, 1.82) is 0 Å². The number of methoxy groups -OCH3 is 2. The Bertz CT molecular complexity index is 1410. The van der Waals surface area contributed by atoms with E-state index < -0.39 is 5.60 Å². The molecule has 7 nitrogen and oxygen atoms in total. The lowest BCUT2D eigenvalue weighted by molar-refractivity contribution is -0.118. The Labute approximate surface area is 230 Å². The van der Waals surface area contributed by atoms with Crippen molar-refractivity contribution in [2.45, 2.75) is 19.4 Å². The summed E-state index contributed by atoms with van der Waals surface area (Å²) in [6.45, 7) is 3.64. The van der Waals surface area contributed by atoms with E-state index in [1.54, 1.807) is 55.7 Å². The minimum atomic E-state index is -0.552. The number of allylic oxidation sites excluding steroid dienone is 1. The summed E-state index contributed by atoms with van der Waals surface area (Å²) in [7, 11) is 3.10. The molecule has 1 N–H and O–H groups in total. The summed E-state index contributed by atoms with van der Waals surface area (Å²) in [4.78, 5) is 25.5. The summed E-state index contributed by atoms with van der Waals surface area (Å²) in [6, 6.07) is 15.9. The van der Waals surface area contributed by atoms with E-state index in [1.807, 2.05) is 38.1 Å². The smallest absolute Gasteiger partial charge is 0.262 e. The van der Waals surface area contributed by atoms with Crippen LogP contribution in [0.25, 0.3) is 12.2 Å². The Hall–Kier alpha value is -4.04. The average Bonchev–Trinajstić information content (AvgIpc) is 2.90. The Morgan fingerprint density at radius 1 is 0.974 bits per heavy atom. The van der Waals surface area contributed by atoms with Gasteiger partial charge in [0.1, 0.15) is 17.1 Å². The fourth-order valence-corrected chi connectivity index (χ4v) is 4.11. The Morgan fingerprint density at radius 3 is 2.39 bits per heavy atom. The van der Waals surface area contributed by atoms with Gasteiger partial charge < -0.3 is 24.3 Å². The summed E-state index contributed by atoms with van der Waals surface area (Å²) in [6.07, 6.45) is 7.00. The quantitative estimate of drug-likeness (QED) is 0.229. The molecule has 1 amide bonds. The van der Waals surface area contributed by atoms with Gasteiger partial charge in [0.25, 0.3) is 5.91 Å². The highest BCUT2D eigenvalue weighted by atomic mass is 79.9. The van der Waals surface area contributed by atoms with Crippen molar-refractivity contribution in [2.24, 2.45) is 0 Å². The monoisotopic (exact) mass is 577 g/mol. The van der Waals surface area contributed by atoms with Crippen LogP contribution in [0, 0.1) is 0 Å². The lowest BCUT2D eigenvalue weighted by atomic mass is 9.97. The van der Waals surface area contributed by atoms with E-state index in [1.165, 1.54) is 13.2 Å². The molecule has 1 aliphatic rings. The van der Waals surface area contributed by atoms with Gasteiger partial charge in [0.15, 0.2) is 23.9 Å². The zero-order valence-corrected chi connectivity index (χ0v) is 23.1. The molecule has 0 radical (unpaired) electrons. The molecule has 0 spiro atoms. The molecule has 4 rings (SSSR count). The number of nitrogens with one attached hydrogen (secondary N) is 1. The van der Waals surface area contributed by atoms with Crippen LogP contribution in [-0.2, 0) is 4.79 Å². The summed E-state index contributed by atoms with van der Waals surface area (Å²) >= 11 is 3.36. The maximum absolute atomic E-state index is 13.2. The van der Waals surface area contributed by atoms with Gasteiger partial charge in [0.2, 0.25) is 0 Å². The number of rotatable bonds is 9. The van der Waals surface area contributed by atoms with E-state index in [9.17, 15) is 9.59 Å². The van der Waals surface area contributed by atoms with Gasteiger partial charge in [-0.05, 0) is 86.2 Å². The normalized spacial score (nSPS) is 13.4. The molecule has 38 heavy (non-hydrogen) atoms. The number of carbonyl (C=O) groups excluding carboxylic acids is 2. The third kappa shape index (κ3) is 6.44. The van der Waals surface area contributed by atoms with Crippen molar-refractivity contribution in [3.63, 3.8) is 0 Å². The number of anilines is 1. The molecule has 0 saturated heterocycles. The number of ketones is 1. The van der Waals surface area contributed by atoms with Crippen molar-refractivity contribution >= 4 is 45.5 Å². The molecule has 0 saturated carbocycles. The van der Waals surface area contributed by atoms with Crippen molar-refractivity contribution in [2.75, 3.05) is 26.1 Å². The highest BCUT2D eigenvalue weighted by molar-refractivity contribution is 9.10. The topological polar surface area (TPSA) is 83.1 Å². The lowest BCUT2D eigenvalue weighted by Crippen LogP contribution is -2.28. The zero-order valence-electron chi connectivity index (χ0n) is 21.5. The summed E-state index contributed by atoms with van der Waals surface area (Å²) in [5.41, 5.74) is 1.97. The second-order valence-corrected chi connectivity index (χ2v) is 9.96. The minimum absolute atomic E-state index is 0.211. The van der Waals surface area contributed by atoms with E-state index in [0.29, 0.717) is 39.8 Å². The Balaban J connectivity index is 1.49. The number of carbonyl (C=O) groups is 2. The van der Waals surface area contributed by atoms with Crippen molar-refractivity contribution < 1.29 is 28.5 Å². The third-order valence-corrected chi connectivity index (χ3v) is 6.29. The Kier molecular flexibility index (Phi) is 8.22. The molecule has 0 fully saturated rings. The minimum Gasteiger partial charge on any atom is -0.496 e. The van der Waals surface area contributed by atoms with Crippen LogP contribution in [0.3, 0.4) is 0 Å². The van der Waals surface area contributed by atoms with Crippen LogP contribution in [0.2, 0.25) is 0 Å². The van der Waals surface area contributed by atoms with Gasteiger partial charge in [-0.25, -0.2) is 0 Å². The fourth-order valence-electron chi connectivity index (χ4n) is 3.85. The van der Waals surface area contributed by atoms with Gasteiger partial charge in [0, 0.05) is 10.2 Å². The SMILES string of the molecule is COc1ccc(/C=C/C(=O)c2ccc(OC)c3c2OC(C)(C)C=C3)cc1OCC(=O)Nc1ccc(Br)cc1. The van der Waals surface area contributed by atoms with Gasteiger partial charge in [-0.1, -0.05) is 28.1 Å². The second-order valence-electron chi connectivity index (χ2n) is 9.05. The van der Waals surface area contributed by atoms with Gasteiger partial charge in [-0.3, -0.25) is 9.59 Å². The molecule has 0 bridgehead atoms. The van der Waals surface area contributed by atoms with Crippen molar-refractivity contribution in [3.05, 3.63) is 87.9 Å². The van der Waals surface area contributed by atoms with Crippen LogP contribution in [0.5, 0.6) is 23.0 Å². The first-order valence-corrected chi connectivity index (χ1v) is 12.7. The molecule has 0 atom stereocenters. The zero-order chi connectivity index (χ0) is 27.3. The first-order chi connectivity index (χ1) is 18.2. The maximum Gasteiger partial charge on any atom is 0.262 e. The lowest BCUT2D eigenvalue weighted by Gasteiger charge is -2.29. The van der Waals surface area contributed by atoms with Crippen LogP contribution >= 0.6 is 15.9 Å². The van der Waals surface area contributed by atoms with Crippen molar-refractivity contribution in [3.8, 4) is 23.0 Å². The predicted octanol–water partition coefficient (Wildman–Crippen LogP) is 6.56. The number of amides is 1. The Morgan fingerprint density at radius 2 is 1.68 bits per heavy atom. The van der Waals surface area contributed by atoms with E-state index in [2.05, 4.69) is 21.2 Å². The van der Waals surface area contributed by atoms with E-state index in [0.717, 1.165) is 10.0 Å². The fraction of sp³-hybridized carbons (Fsp3) is 0.200. The molecule has 0 unspecified atom stereocenters. The van der Waals surface area contributed by atoms with Crippen LogP contribution in [0.15, 0.2) is 71.2 Å². The third-order valence-electron chi connectivity index (χ3n) is 5.76. The molecule has 1 heterocycles. The highest BCUT2D eigenvalue weighted by Gasteiger charge is 2.27. The first-order valence-electron chi connectivity index (χ1n) is 11.9. The van der Waals surface area contributed by atoms with E-state index in [4.69, 9.17) is 18.9 Å². The average molecular weight is 578 g/mol. The highest BCUT2D eigenvalue weighted by Crippen LogP contribution is 2.40. The number of benzene rings is 3. The molecular weight excluding hydrogens is 550 g/mol.